The summed E-state index contributed by atoms with van der Waals surface area (Å²) in [5.74, 6) is 0.941. The van der Waals surface area contributed by atoms with E-state index in [2.05, 4.69) is 30.9 Å². The van der Waals surface area contributed by atoms with E-state index in [0.717, 1.165) is 0 Å². The van der Waals surface area contributed by atoms with Crippen LogP contribution in [0.25, 0.3) is 0 Å². The van der Waals surface area contributed by atoms with Gasteiger partial charge >= 0.3 is 0 Å². The molecule has 7 nitrogen and oxygen atoms in total. The molecule has 1 unspecified atom stereocenters. The maximum absolute atomic E-state index is 11.9. The monoisotopic (exact) mass is 300 g/mol. The van der Waals surface area contributed by atoms with Crippen molar-refractivity contribution in [2.24, 2.45) is 5.92 Å². The van der Waals surface area contributed by atoms with Gasteiger partial charge in [0.15, 0.2) is 0 Å². The third kappa shape index (κ3) is 5.56. The summed E-state index contributed by atoms with van der Waals surface area (Å²) >= 11 is 5.81. The number of hydrogen-bond acceptors (Lipinski definition) is 6. The van der Waals surface area contributed by atoms with Gasteiger partial charge < -0.3 is 16.0 Å². The van der Waals surface area contributed by atoms with Crippen LogP contribution in [0.15, 0.2) is 0 Å². The first kappa shape index (κ1) is 16.4. The summed E-state index contributed by atoms with van der Waals surface area (Å²) in [6.07, 6.45) is 0. The highest BCUT2D eigenvalue weighted by atomic mass is 35.5. The average molecular weight is 301 g/mol. The van der Waals surface area contributed by atoms with E-state index in [9.17, 15) is 4.79 Å². The molecular weight excluding hydrogens is 280 g/mol. The predicted octanol–water partition coefficient (Wildman–Crippen LogP) is 1.53. The second kappa shape index (κ2) is 7.84. The molecule has 1 heterocycles. The molecule has 8 heteroatoms. The Morgan fingerprint density at radius 3 is 2.45 bits per heavy atom. The molecular formula is C12H21ClN6O. The van der Waals surface area contributed by atoms with Crippen LogP contribution in [0.3, 0.4) is 0 Å². The highest BCUT2D eigenvalue weighted by Gasteiger charge is 2.15. The molecule has 0 radical (unpaired) electrons. The number of anilines is 2. The van der Waals surface area contributed by atoms with Gasteiger partial charge in [-0.1, -0.05) is 13.8 Å². The van der Waals surface area contributed by atoms with Crippen molar-refractivity contribution in [2.75, 3.05) is 23.7 Å². The van der Waals surface area contributed by atoms with Crippen LogP contribution in [0.2, 0.25) is 5.28 Å². The zero-order chi connectivity index (χ0) is 15.1. The summed E-state index contributed by atoms with van der Waals surface area (Å²) in [6, 6.07) is -0.457. The Morgan fingerprint density at radius 1 is 1.20 bits per heavy atom. The molecule has 1 rings (SSSR count). The molecule has 112 valence electrons. The highest BCUT2D eigenvalue weighted by molar-refractivity contribution is 6.28. The molecule has 0 fully saturated rings. The number of nitrogens with zero attached hydrogens (tertiary/aromatic N) is 3. The largest absolute Gasteiger partial charge is 0.354 e. The van der Waals surface area contributed by atoms with Gasteiger partial charge in [-0.25, -0.2) is 0 Å². The second-order valence-corrected chi connectivity index (χ2v) is 5.13. The predicted molar refractivity (Wildman–Crippen MR) is 79.9 cm³/mol. The average Bonchev–Trinajstić information content (AvgIpc) is 2.35. The summed E-state index contributed by atoms with van der Waals surface area (Å²) < 4.78 is 0. The van der Waals surface area contributed by atoms with Crippen molar-refractivity contribution in [1.82, 2.24) is 20.3 Å². The Labute approximate surface area is 123 Å². The minimum atomic E-state index is -0.457. The number of halogens is 1. The van der Waals surface area contributed by atoms with Crippen molar-refractivity contribution in [1.29, 1.82) is 0 Å². The molecule has 0 saturated carbocycles. The maximum Gasteiger partial charge on any atom is 0.242 e. The van der Waals surface area contributed by atoms with E-state index in [1.54, 1.807) is 6.92 Å². The van der Waals surface area contributed by atoms with Crippen molar-refractivity contribution < 1.29 is 4.79 Å². The SMILES string of the molecule is CCNc1nc(Cl)nc(NC(C)C(=O)NCC(C)C)n1. The molecule has 0 saturated heterocycles. The zero-order valence-electron chi connectivity index (χ0n) is 12.2. The first-order valence-electron chi connectivity index (χ1n) is 6.62. The molecule has 20 heavy (non-hydrogen) atoms. The molecule has 0 spiro atoms. The number of amides is 1. The summed E-state index contributed by atoms with van der Waals surface area (Å²) in [5, 5.41) is 8.76. The number of carbonyl (C=O) groups excluding carboxylic acids is 1. The standard InChI is InChI=1S/C12H21ClN6O/c1-5-14-11-17-10(13)18-12(19-11)16-8(4)9(20)15-6-7(2)3/h7-8H,5-6H2,1-4H3,(H,15,20)(H2,14,16,17,18,19). The molecule has 1 amide bonds. The molecule has 1 aromatic rings. The third-order valence-corrected chi connectivity index (χ3v) is 2.54. The summed E-state index contributed by atoms with van der Waals surface area (Å²) in [6.45, 7) is 9.03. The van der Waals surface area contributed by atoms with Crippen molar-refractivity contribution in [3.8, 4) is 0 Å². The van der Waals surface area contributed by atoms with Crippen LogP contribution in [0, 0.1) is 5.92 Å². The van der Waals surface area contributed by atoms with Crippen LogP contribution in [0.1, 0.15) is 27.7 Å². The third-order valence-electron chi connectivity index (χ3n) is 2.37. The summed E-state index contributed by atoms with van der Waals surface area (Å²) in [5.41, 5.74) is 0. The Morgan fingerprint density at radius 2 is 1.85 bits per heavy atom. The lowest BCUT2D eigenvalue weighted by Gasteiger charge is -2.15. The fourth-order valence-corrected chi connectivity index (χ4v) is 1.53. The van der Waals surface area contributed by atoms with Gasteiger partial charge in [0.1, 0.15) is 6.04 Å². The van der Waals surface area contributed by atoms with Gasteiger partial charge in [-0.2, -0.15) is 15.0 Å². The number of rotatable bonds is 7. The van der Waals surface area contributed by atoms with E-state index in [1.165, 1.54) is 0 Å². The summed E-state index contributed by atoms with van der Waals surface area (Å²) in [7, 11) is 0. The van der Waals surface area contributed by atoms with Crippen molar-refractivity contribution >= 4 is 29.4 Å². The molecule has 0 aliphatic rings. The first-order valence-corrected chi connectivity index (χ1v) is 6.99. The Bertz CT molecular complexity index is 454. The molecule has 1 atom stereocenters. The topological polar surface area (TPSA) is 91.8 Å². The molecule has 0 aliphatic heterocycles. The van der Waals surface area contributed by atoms with Gasteiger partial charge in [-0.15, -0.1) is 0 Å². The first-order chi connectivity index (χ1) is 9.42. The van der Waals surface area contributed by atoms with E-state index in [0.29, 0.717) is 25.0 Å². The fourth-order valence-electron chi connectivity index (χ4n) is 1.37. The quantitative estimate of drug-likeness (QED) is 0.707. The van der Waals surface area contributed by atoms with Crippen LogP contribution in [0.5, 0.6) is 0 Å². The highest BCUT2D eigenvalue weighted by Crippen LogP contribution is 2.10. The molecule has 0 bridgehead atoms. The van der Waals surface area contributed by atoms with Gasteiger partial charge in [-0.05, 0) is 31.4 Å². The van der Waals surface area contributed by atoms with Gasteiger partial charge in [0, 0.05) is 13.1 Å². The summed E-state index contributed by atoms with van der Waals surface area (Å²) in [4.78, 5) is 23.9. The minimum Gasteiger partial charge on any atom is -0.354 e. The van der Waals surface area contributed by atoms with Crippen molar-refractivity contribution in [3.63, 3.8) is 0 Å². The van der Waals surface area contributed by atoms with Crippen molar-refractivity contribution in [2.45, 2.75) is 33.7 Å². The van der Waals surface area contributed by atoms with E-state index < -0.39 is 6.04 Å². The fraction of sp³-hybridized carbons (Fsp3) is 0.667. The van der Waals surface area contributed by atoms with Crippen LogP contribution in [-0.2, 0) is 4.79 Å². The normalized spacial score (nSPS) is 12.1. The lowest BCUT2D eigenvalue weighted by atomic mass is 10.2. The van der Waals surface area contributed by atoms with Crippen LogP contribution < -0.4 is 16.0 Å². The van der Waals surface area contributed by atoms with Crippen LogP contribution in [-0.4, -0.2) is 40.0 Å². The van der Waals surface area contributed by atoms with Gasteiger partial charge in [0.25, 0.3) is 0 Å². The lowest BCUT2D eigenvalue weighted by Crippen LogP contribution is -2.39. The number of nitrogens with one attached hydrogen (secondary N) is 3. The zero-order valence-corrected chi connectivity index (χ0v) is 13.0. The van der Waals surface area contributed by atoms with E-state index >= 15 is 0 Å². The van der Waals surface area contributed by atoms with Crippen molar-refractivity contribution in [3.05, 3.63) is 5.28 Å². The number of hydrogen-bond donors (Lipinski definition) is 3. The minimum absolute atomic E-state index is 0.0771. The van der Waals surface area contributed by atoms with Crippen LogP contribution >= 0.6 is 11.6 Å². The van der Waals surface area contributed by atoms with Gasteiger partial charge in [-0.3, -0.25) is 4.79 Å². The molecule has 0 aliphatic carbocycles. The second-order valence-electron chi connectivity index (χ2n) is 4.79. The smallest absolute Gasteiger partial charge is 0.242 e. The van der Waals surface area contributed by atoms with Crippen LogP contribution in [0.4, 0.5) is 11.9 Å². The number of aromatic nitrogens is 3. The lowest BCUT2D eigenvalue weighted by molar-refractivity contribution is -0.121. The Balaban J connectivity index is 2.65. The van der Waals surface area contributed by atoms with E-state index in [1.807, 2.05) is 20.8 Å². The molecule has 0 aromatic carbocycles. The number of carbonyl (C=O) groups is 1. The Hall–Kier alpha value is -1.63. The van der Waals surface area contributed by atoms with E-state index in [4.69, 9.17) is 11.6 Å². The van der Waals surface area contributed by atoms with E-state index in [-0.39, 0.29) is 17.1 Å². The van der Waals surface area contributed by atoms with Gasteiger partial charge in [0.05, 0.1) is 0 Å². The molecule has 1 aromatic heterocycles. The molecule has 3 N–H and O–H groups in total. The maximum atomic E-state index is 11.9. The Kier molecular flexibility index (Phi) is 6.44. The van der Waals surface area contributed by atoms with Gasteiger partial charge in [0.2, 0.25) is 23.1 Å².